The molecule has 1 saturated carbocycles. The number of anilines is 2. The third kappa shape index (κ3) is 2.17. The zero-order chi connectivity index (χ0) is 13.4. The van der Waals surface area contributed by atoms with Crippen LogP contribution in [0.4, 0.5) is 10.8 Å². The fourth-order valence-electron chi connectivity index (χ4n) is 3.07. The Bertz CT molecular complexity index is 488. The Kier molecular flexibility index (Phi) is 3.32. The number of aromatic nitrogens is 1. The average Bonchev–Trinajstić information content (AvgIpc) is 2.80. The van der Waals surface area contributed by atoms with Crippen molar-refractivity contribution in [3.8, 4) is 0 Å². The second kappa shape index (κ2) is 4.97. The minimum Gasteiger partial charge on any atom is -0.382 e. The van der Waals surface area contributed by atoms with Crippen molar-refractivity contribution in [2.45, 2.75) is 37.8 Å². The molecule has 0 bridgehead atoms. The molecule has 3 rings (SSSR count). The van der Waals surface area contributed by atoms with Gasteiger partial charge in [0.05, 0.1) is 18.8 Å². The molecular formula is C12H18N4O2S. The number of carbonyl (C=O) groups excluding carboxylic acids is 1. The highest BCUT2D eigenvalue weighted by Gasteiger charge is 2.37. The molecule has 0 radical (unpaired) electrons. The van der Waals surface area contributed by atoms with Gasteiger partial charge in [0.25, 0.3) is 5.91 Å². The highest BCUT2D eigenvalue weighted by Crippen LogP contribution is 2.37. The van der Waals surface area contributed by atoms with E-state index in [0.29, 0.717) is 18.2 Å². The van der Waals surface area contributed by atoms with Crippen LogP contribution in [-0.4, -0.2) is 35.6 Å². The van der Waals surface area contributed by atoms with E-state index in [-0.39, 0.29) is 11.9 Å². The zero-order valence-corrected chi connectivity index (χ0v) is 11.5. The van der Waals surface area contributed by atoms with Gasteiger partial charge in [-0.05, 0) is 24.4 Å². The lowest BCUT2D eigenvalue weighted by atomic mass is 9.90. The molecule has 2 atom stereocenters. The summed E-state index contributed by atoms with van der Waals surface area (Å²) in [5.41, 5.74) is 11.6. The summed E-state index contributed by atoms with van der Waals surface area (Å²) in [4.78, 5) is 13.8. The molecule has 1 saturated heterocycles. The lowest BCUT2D eigenvalue weighted by Crippen LogP contribution is -2.53. The Balaban J connectivity index is 1.94. The quantitative estimate of drug-likeness (QED) is 0.843. The number of primary amides is 1. The number of amides is 1. The van der Waals surface area contributed by atoms with Crippen molar-refractivity contribution in [3.63, 3.8) is 0 Å². The van der Waals surface area contributed by atoms with Crippen LogP contribution in [-0.2, 0) is 4.74 Å². The fraction of sp³-hybridized carbons (Fsp3) is 0.667. The highest BCUT2D eigenvalue weighted by atomic mass is 32.1. The monoisotopic (exact) mass is 282 g/mol. The maximum absolute atomic E-state index is 11.6. The summed E-state index contributed by atoms with van der Waals surface area (Å²) in [5.74, 6) is -0.258. The SMILES string of the molecule is NC(=O)c1c(N)nsc1N1CCOC2CCCCC21. The van der Waals surface area contributed by atoms with Crippen LogP contribution < -0.4 is 16.4 Å². The molecule has 7 heteroatoms. The summed E-state index contributed by atoms with van der Waals surface area (Å²) < 4.78 is 9.92. The lowest BCUT2D eigenvalue weighted by Gasteiger charge is -2.44. The smallest absolute Gasteiger partial charge is 0.255 e. The summed E-state index contributed by atoms with van der Waals surface area (Å²) in [7, 11) is 0. The lowest BCUT2D eigenvalue weighted by molar-refractivity contribution is -0.00845. The van der Waals surface area contributed by atoms with Gasteiger partial charge in [-0.3, -0.25) is 4.79 Å². The second-order valence-corrected chi connectivity index (χ2v) is 5.82. The van der Waals surface area contributed by atoms with Crippen LogP contribution in [0.5, 0.6) is 0 Å². The van der Waals surface area contributed by atoms with E-state index in [1.165, 1.54) is 24.4 Å². The Morgan fingerprint density at radius 1 is 1.42 bits per heavy atom. The van der Waals surface area contributed by atoms with E-state index in [2.05, 4.69) is 9.27 Å². The fourth-order valence-corrected chi connectivity index (χ4v) is 3.97. The van der Waals surface area contributed by atoms with Gasteiger partial charge in [-0.2, -0.15) is 4.37 Å². The number of fused-ring (bicyclic) bond motifs is 1. The third-order valence-electron chi connectivity index (χ3n) is 3.94. The molecule has 2 aliphatic rings. The Hall–Kier alpha value is -1.34. The Morgan fingerprint density at radius 3 is 3.00 bits per heavy atom. The minimum absolute atomic E-state index is 0.242. The van der Waals surface area contributed by atoms with Gasteiger partial charge in [0.15, 0.2) is 5.82 Å². The molecule has 2 heterocycles. The molecule has 0 aromatic carbocycles. The van der Waals surface area contributed by atoms with Gasteiger partial charge in [-0.25, -0.2) is 0 Å². The van der Waals surface area contributed by atoms with Crippen molar-refractivity contribution in [1.29, 1.82) is 0 Å². The van der Waals surface area contributed by atoms with E-state index in [0.717, 1.165) is 24.4 Å². The molecule has 2 unspecified atom stereocenters. The van der Waals surface area contributed by atoms with Gasteiger partial charge in [-0.15, -0.1) is 0 Å². The molecule has 1 amide bonds. The molecular weight excluding hydrogens is 264 g/mol. The van der Waals surface area contributed by atoms with Gasteiger partial charge in [0, 0.05) is 6.54 Å². The predicted molar refractivity (Wildman–Crippen MR) is 74.4 cm³/mol. The number of morpholine rings is 1. The molecule has 1 aliphatic heterocycles. The third-order valence-corrected chi connectivity index (χ3v) is 4.84. The number of ether oxygens (including phenoxy) is 1. The van der Waals surface area contributed by atoms with Gasteiger partial charge >= 0.3 is 0 Å². The molecule has 1 aliphatic carbocycles. The van der Waals surface area contributed by atoms with Gasteiger partial charge in [0.1, 0.15) is 10.6 Å². The van der Waals surface area contributed by atoms with Crippen LogP contribution in [0, 0.1) is 0 Å². The summed E-state index contributed by atoms with van der Waals surface area (Å²) in [6, 6.07) is 0.320. The van der Waals surface area contributed by atoms with Crippen molar-refractivity contribution in [3.05, 3.63) is 5.56 Å². The Labute approximate surface area is 115 Å². The average molecular weight is 282 g/mol. The van der Waals surface area contributed by atoms with Crippen LogP contribution in [0.3, 0.4) is 0 Å². The molecule has 2 fully saturated rings. The van der Waals surface area contributed by atoms with Crippen molar-refractivity contribution in [1.82, 2.24) is 4.37 Å². The first-order valence-corrected chi connectivity index (χ1v) is 7.39. The maximum Gasteiger partial charge on any atom is 0.255 e. The van der Waals surface area contributed by atoms with Gasteiger partial charge in [0.2, 0.25) is 0 Å². The number of nitrogens with zero attached hydrogens (tertiary/aromatic N) is 2. The predicted octanol–water partition coefficient (Wildman–Crippen LogP) is 0.972. The molecule has 1 aromatic heterocycles. The van der Waals surface area contributed by atoms with E-state index in [4.69, 9.17) is 16.2 Å². The number of nitrogen functional groups attached to an aromatic ring is 1. The summed E-state index contributed by atoms with van der Waals surface area (Å²) >= 11 is 1.26. The normalized spacial score (nSPS) is 27.1. The van der Waals surface area contributed by atoms with E-state index in [1.807, 2.05) is 0 Å². The summed E-state index contributed by atoms with van der Waals surface area (Å²) in [6.45, 7) is 1.44. The van der Waals surface area contributed by atoms with Crippen molar-refractivity contribution < 1.29 is 9.53 Å². The van der Waals surface area contributed by atoms with Crippen molar-refractivity contribution >= 4 is 28.3 Å². The molecule has 104 valence electrons. The highest BCUT2D eigenvalue weighted by molar-refractivity contribution is 7.11. The number of hydrogen-bond acceptors (Lipinski definition) is 6. The number of nitrogens with two attached hydrogens (primary N) is 2. The summed E-state index contributed by atoms with van der Waals surface area (Å²) in [5, 5.41) is 0.810. The second-order valence-electron chi connectivity index (χ2n) is 5.07. The van der Waals surface area contributed by atoms with Crippen LogP contribution in [0.1, 0.15) is 36.0 Å². The van der Waals surface area contributed by atoms with Gasteiger partial charge in [-0.1, -0.05) is 12.8 Å². The van der Waals surface area contributed by atoms with E-state index >= 15 is 0 Å². The van der Waals surface area contributed by atoms with E-state index in [9.17, 15) is 4.79 Å². The summed E-state index contributed by atoms with van der Waals surface area (Å²) in [6.07, 6.45) is 4.83. The van der Waals surface area contributed by atoms with Crippen LogP contribution in [0.15, 0.2) is 0 Å². The first-order valence-electron chi connectivity index (χ1n) is 6.61. The number of carbonyl (C=O) groups is 1. The largest absolute Gasteiger partial charge is 0.382 e. The van der Waals surface area contributed by atoms with Gasteiger partial charge < -0.3 is 21.1 Å². The topological polar surface area (TPSA) is 94.5 Å². The molecule has 19 heavy (non-hydrogen) atoms. The standard InChI is InChI=1S/C12H18N4O2S/c13-10-9(11(14)17)12(19-15-10)16-5-6-18-8-4-2-1-3-7(8)16/h7-8H,1-6H2,(H2,13,15)(H2,14,17). The van der Waals surface area contributed by atoms with Crippen molar-refractivity contribution in [2.75, 3.05) is 23.8 Å². The molecule has 4 N–H and O–H groups in total. The first kappa shape index (κ1) is 12.7. The molecule has 6 nitrogen and oxygen atoms in total. The molecule has 0 spiro atoms. The van der Waals surface area contributed by atoms with Crippen LogP contribution in [0.2, 0.25) is 0 Å². The zero-order valence-electron chi connectivity index (χ0n) is 10.7. The van der Waals surface area contributed by atoms with Crippen molar-refractivity contribution in [2.24, 2.45) is 5.73 Å². The minimum atomic E-state index is -0.500. The van der Waals surface area contributed by atoms with E-state index in [1.54, 1.807) is 0 Å². The van der Waals surface area contributed by atoms with E-state index < -0.39 is 5.91 Å². The Morgan fingerprint density at radius 2 is 2.21 bits per heavy atom. The van der Waals surface area contributed by atoms with Crippen LogP contribution in [0.25, 0.3) is 0 Å². The maximum atomic E-state index is 11.6. The number of rotatable bonds is 2. The van der Waals surface area contributed by atoms with Crippen LogP contribution >= 0.6 is 11.5 Å². The number of hydrogen-bond donors (Lipinski definition) is 2. The first-order chi connectivity index (χ1) is 9.18. The molecule has 1 aromatic rings.